The normalized spacial score (nSPS) is 11.2. The average Bonchev–Trinajstić information content (AvgIpc) is 2.36. The van der Waals surface area contributed by atoms with Crippen LogP contribution in [0, 0.1) is 0 Å². The minimum absolute atomic E-state index is 0. The first-order chi connectivity index (χ1) is 9.03. The first-order valence-electron chi connectivity index (χ1n) is 6.69. The highest BCUT2D eigenvalue weighted by molar-refractivity contribution is 5.81. The van der Waals surface area contributed by atoms with E-state index in [0.717, 1.165) is 24.0 Å². The van der Waals surface area contributed by atoms with Crippen LogP contribution in [0.5, 0.6) is 0 Å². The quantitative estimate of drug-likeness (QED) is 0.212. The summed E-state index contributed by atoms with van der Waals surface area (Å²) in [6, 6.07) is 10.4. The first-order valence-corrected chi connectivity index (χ1v) is 6.69. The number of allylic oxidation sites excluding steroid dienone is 1. The lowest BCUT2D eigenvalue weighted by atomic mass is 10.2. The number of rotatable bonds is 7. The molecule has 0 unspecified atom stereocenters. The van der Waals surface area contributed by atoms with E-state index in [9.17, 15) is 4.79 Å². The predicted molar refractivity (Wildman–Crippen MR) is 77.5 cm³/mol. The molecular weight excluding hydrogens is 365 g/mol. The van der Waals surface area contributed by atoms with E-state index < -0.39 is 0 Å². The van der Waals surface area contributed by atoms with Gasteiger partial charge in [-0.3, -0.25) is 0 Å². The van der Waals surface area contributed by atoms with Crippen molar-refractivity contribution in [2.24, 2.45) is 0 Å². The number of esters is 1. The smallest absolute Gasteiger partial charge is 0.330 e. The molecule has 0 saturated heterocycles. The molecule has 1 aromatic carbocycles. The molecule has 0 heterocycles. The molecule has 4 heteroatoms. The number of hydrogen-bond acceptors (Lipinski definition) is 2. The SMILES string of the molecule is CC=CC(=O)OCCC[N+](C)(C)Cc1ccccc1.[I-]. The Hall–Kier alpha value is -0.880. The van der Waals surface area contributed by atoms with Gasteiger partial charge in [0.1, 0.15) is 6.54 Å². The fraction of sp³-hybridized carbons (Fsp3) is 0.438. The van der Waals surface area contributed by atoms with Crippen molar-refractivity contribution in [3.05, 3.63) is 48.0 Å². The lowest BCUT2D eigenvalue weighted by molar-refractivity contribution is -0.903. The van der Waals surface area contributed by atoms with Gasteiger partial charge in [0.2, 0.25) is 0 Å². The summed E-state index contributed by atoms with van der Waals surface area (Å²) < 4.78 is 5.99. The van der Waals surface area contributed by atoms with Gasteiger partial charge in [-0.2, -0.15) is 0 Å². The number of nitrogens with zero attached hydrogens (tertiary/aromatic N) is 1. The molecule has 0 saturated carbocycles. The number of carbonyl (C=O) groups is 1. The van der Waals surface area contributed by atoms with Crippen molar-refractivity contribution >= 4 is 5.97 Å². The topological polar surface area (TPSA) is 26.3 Å². The Morgan fingerprint density at radius 1 is 1.25 bits per heavy atom. The van der Waals surface area contributed by atoms with E-state index in [2.05, 4.69) is 38.4 Å². The Labute approximate surface area is 139 Å². The monoisotopic (exact) mass is 389 g/mol. The maximum Gasteiger partial charge on any atom is 0.330 e. The highest BCUT2D eigenvalue weighted by Gasteiger charge is 2.15. The van der Waals surface area contributed by atoms with Crippen LogP contribution in [0.2, 0.25) is 0 Å². The van der Waals surface area contributed by atoms with Crippen molar-refractivity contribution in [2.45, 2.75) is 19.9 Å². The second-order valence-corrected chi connectivity index (χ2v) is 5.32. The summed E-state index contributed by atoms with van der Waals surface area (Å²) in [7, 11) is 4.39. The minimum Gasteiger partial charge on any atom is -1.00 e. The Kier molecular flexibility index (Phi) is 9.50. The number of ether oxygens (including phenoxy) is 1. The maximum atomic E-state index is 11.1. The molecule has 0 N–H and O–H groups in total. The zero-order valence-electron chi connectivity index (χ0n) is 12.5. The molecule has 1 rings (SSSR count). The standard InChI is InChI=1S/C16H24NO2.HI/c1-4-9-16(18)19-13-8-12-17(2,3)14-15-10-6-5-7-11-15;/h4-7,9-11H,8,12-14H2,1-3H3;1H/q+1;/p-1. The van der Waals surface area contributed by atoms with Crippen molar-refractivity contribution in [3.63, 3.8) is 0 Å². The van der Waals surface area contributed by atoms with Gasteiger partial charge in [0.05, 0.1) is 27.2 Å². The molecule has 0 fully saturated rings. The number of halogens is 1. The van der Waals surface area contributed by atoms with Crippen LogP contribution in [0.3, 0.4) is 0 Å². The largest absolute Gasteiger partial charge is 1.00 e. The molecule has 0 amide bonds. The first kappa shape index (κ1) is 19.1. The number of carbonyl (C=O) groups excluding carboxylic acids is 1. The van der Waals surface area contributed by atoms with Crippen molar-refractivity contribution in [1.82, 2.24) is 0 Å². The van der Waals surface area contributed by atoms with Gasteiger partial charge < -0.3 is 33.2 Å². The summed E-state index contributed by atoms with van der Waals surface area (Å²) in [5.41, 5.74) is 1.33. The van der Waals surface area contributed by atoms with Crippen molar-refractivity contribution in [1.29, 1.82) is 0 Å². The van der Waals surface area contributed by atoms with E-state index in [1.54, 1.807) is 13.0 Å². The van der Waals surface area contributed by atoms with E-state index in [0.29, 0.717) is 6.61 Å². The molecule has 0 radical (unpaired) electrons. The fourth-order valence-electron chi connectivity index (χ4n) is 2.01. The molecule has 0 bridgehead atoms. The second kappa shape index (κ2) is 9.94. The third kappa shape index (κ3) is 8.32. The number of hydrogen-bond donors (Lipinski definition) is 0. The number of quaternary nitrogens is 1. The highest BCUT2D eigenvalue weighted by atomic mass is 127. The van der Waals surface area contributed by atoms with Crippen LogP contribution in [-0.2, 0) is 16.1 Å². The number of benzene rings is 1. The fourth-order valence-corrected chi connectivity index (χ4v) is 2.01. The Bertz CT molecular complexity index is 416. The molecule has 0 aliphatic rings. The van der Waals surface area contributed by atoms with Gasteiger partial charge in [-0.1, -0.05) is 36.4 Å². The Morgan fingerprint density at radius 3 is 2.50 bits per heavy atom. The van der Waals surface area contributed by atoms with Crippen LogP contribution in [0.4, 0.5) is 0 Å². The third-order valence-corrected chi connectivity index (χ3v) is 2.91. The van der Waals surface area contributed by atoms with Gasteiger partial charge in [-0.05, 0) is 6.92 Å². The average molecular weight is 389 g/mol. The van der Waals surface area contributed by atoms with E-state index in [-0.39, 0.29) is 29.9 Å². The molecule has 112 valence electrons. The van der Waals surface area contributed by atoms with E-state index in [4.69, 9.17) is 4.74 Å². The summed E-state index contributed by atoms with van der Waals surface area (Å²) in [6.07, 6.45) is 4.02. The molecule has 0 aliphatic heterocycles. The van der Waals surface area contributed by atoms with E-state index in [1.807, 2.05) is 6.07 Å². The van der Waals surface area contributed by atoms with Crippen LogP contribution in [0.1, 0.15) is 18.9 Å². The molecule has 0 aromatic heterocycles. The molecule has 20 heavy (non-hydrogen) atoms. The van der Waals surface area contributed by atoms with Gasteiger partial charge in [0, 0.05) is 18.1 Å². The highest BCUT2D eigenvalue weighted by Crippen LogP contribution is 2.09. The molecule has 0 atom stereocenters. The van der Waals surface area contributed by atoms with Gasteiger partial charge in [-0.15, -0.1) is 0 Å². The van der Waals surface area contributed by atoms with Crippen LogP contribution in [0.25, 0.3) is 0 Å². The van der Waals surface area contributed by atoms with Crippen molar-refractivity contribution in [3.8, 4) is 0 Å². The van der Waals surface area contributed by atoms with Crippen molar-refractivity contribution in [2.75, 3.05) is 27.2 Å². The summed E-state index contributed by atoms with van der Waals surface area (Å²) in [4.78, 5) is 11.1. The van der Waals surface area contributed by atoms with Crippen LogP contribution < -0.4 is 24.0 Å². The maximum absolute atomic E-state index is 11.1. The lowest BCUT2D eigenvalue weighted by Crippen LogP contribution is -3.00. The summed E-state index contributed by atoms with van der Waals surface area (Å²) in [6.45, 7) is 4.27. The molecular formula is C16H24INO2. The van der Waals surface area contributed by atoms with Gasteiger partial charge in [-0.25, -0.2) is 4.79 Å². The molecule has 0 aliphatic carbocycles. The second-order valence-electron chi connectivity index (χ2n) is 5.32. The van der Waals surface area contributed by atoms with Crippen LogP contribution >= 0.6 is 0 Å². The van der Waals surface area contributed by atoms with Gasteiger partial charge >= 0.3 is 5.97 Å². The molecule has 0 spiro atoms. The summed E-state index contributed by atoms with van der Waals surface area (Å²) in [5, 5.41) is 0. The van der Waals surface area contributed by atoms with Gasteiger partial charge in [0.15, 0.2) is 0 Å². The predicted octanol–water partition coefficient (Wildman–Crippen LogP) is -0.224. The van der Waals surface area contributed by atoms with Crippen LogP contribution in [-0.4, -0.2) is 37.7 Å². The minimum atomic E-state index is -0.254. The van der Waals surface area contributed by atoms with Crippen molar-refractivity contribution < 1.29 is 38.0 Å². The Balaban J connectivity index is 0.00000361. The summed E-state index contributed by atoms with van der Waals surface area (Å²) in [5.74, 6) is -0.254. The van der Waals surface area contributed by atoms with Crippen LogP contribution in [0.15, 0.2) is 42.5 Å². The van der Waals surface area contributed by atoms with E-state index in [1.165, 1.54) is 11.6 Å². The molecule has 3 nitrogen and oxygen atoms in total. The van der Waals surface area contributed by atoms with E-state index >= 15 is 0 Å². The summed E-state index contributed by atoms with van der Waals surface area (Å²) >= 11 is 0. The zero-order chi connectivity index (χ0) is 14.1. The Morgan fingerprint density at radius 2 is 1.90 bits per heavy atom. The van der Waals surface area contributed by atoms with Gasteiger partial charge in [0.25, 0.3) is 0 Å². The lowest BCUT2D eigenvalue weighted by Gasteiger charge is -2.29. The molecule has 1 aromatic rings. The third-order valence-electron chi connectivity index (χ3n) is 2.91. The zero-order valence-corrected chi connectivity index (χ0v) is 14.7.